The normalized spacial score (nSPS) is 10.9. The summed E-state index contributed by atoms with van der Waals surface area (Å²) in [6, 6.07) is 54.4. The summed E-state index contributed by atoms with van der Waals surface area (Å²) in [5.74, 6) is 1.28. The quantitative estimate of drug-likeness (QED) is 0.151. The Morgan fingerprint density at radius 1 is 0.489 bits per heavy atom. The van der Waals surface area contributed by atoms with Crippen molar-refractivity contribution in [2.24, 2.45) is 0 Å². The second-order valence-corrected chi connectivity index (χ2v) is 10.7. The summed E-state index contributed by atoms with van der Waals surface area (Å²) in [5.41, 5.74) is 6.30. The maximum Gasteiger partial charge on any atom is 2.00 e. The zero-order valence-electron chi connectivity index (χ0n) is 24.9. The van der Waals surface area contributed by atoms with Gasteiger partial charge in [0.05, 0.1) is 0 Å². The van der Waals surface area contributed by atoms with Crippen molar-refractivity contribution in [2.45, 2.75) is 0 Å². The average molecular weight is 791 g/mol. The van der Waals surface area contributed by atoms with Gasteiger partial charge in [-0.25, -0.2) is 14.4 Å². The summed E-state index contributed by atoms with van der Waals surface area (Å²) in [4.78, 5) is 13.6. The third kappa shape index (κ3) is 5.69. The van der Waals surface area contributed by atoms with Gasteiger partial charge in [0, 0.05) is 29.5 Å². The molecule has 0 radical (unpaired) electrons. The summed E-state index contributed by atoms with van der Waals surface area (Å²) >= 11 is 0. The van der Waals surface area contributed by atoms with Gasteiger partial charge >= 0.3 is 21.1 Å². The standard InChI is InChI=1S/C40H26FN5.Pt/c41-29-17-19-32(20-18-29)46-37-23-21-33(44(30-11-3-1-4-12-30)39-15-7-9-25-42-39)27-35(37)36-28-34(22-24-38(36)46)45(31-13-5-2-6-14-31)40-16-8-10-26-43-40;/h1-26H;/q-2;+2. The number of pyridine rings is 2. The van der Waals surface area contributed by atoms with Crippen molar-refractivity contribution in [3.05, 3.63) is 176 Å². The van der Waals surface area contributed by atoms with Crippen LogP contribution in [-0.4, -0.2) is 14.5 Å². The fraction of sp³-hybridized carbons (Fsp3) is 0. The second-order valence-electron chi connectivity index (χ2n) is 10.7. The van der Waals surface area contributed by atoms with Crippen LogP contribution in [0.4, 0.5) is 38.8 Å². The van der Waals surface area contributed by atoms with Gasteiger partial charge in [-0.2, -0.15) is 22.9 Å². The van der Waals surface area contributed by atoms with Gasteiger partial charge in [0.15, 0.2) is 0 Å². The van der Waals surface area contributed by atoms with E-state index < -0.39 is 0 Å². The molecule has 0 N–H and O–H groups in total. The van der Waals surface area contributed by atoms with E-state index in [1.807, 2.05) is 84.9 Å². The Labute approximate surface area is 286 Å². The van der Waals surface area contributed by atoms with Gasteiger partial charge in [0.1, 0.15) is 17.5 Å². The minimum Gasteiger partial charge on any atom is -0.409 e. The molecule has 0 spiro atoms. The van der Waals surface area contributed by atoms with E-state index in [2.05, 4.69) is 72.9 Å². The molecule has 0 aliphatic rings. The van der Waals surface area contributed by atoms with Crippen LogP contribution in [0.15, 0.2) is 158 Å². The van der Waals surface area contributed by atoms with E-state index in [0.717, 1.165) is 61.9 Å². The molecule has 0 aliphatic heterocycles. The van der Waals surface area contributed by atoms with Gasteiger partial charge in [0.2, 0.25) is 0 Å². The number of anilines is 6. The molecule has 5 nitrogen and oxygen atoms in total. The summed E-state index contributed by atoms with van der Waals surface area (Å²) in [6.45, 7) is 0. The monoisotopic (exact) mass is 790 g/mol. The molecule has 8 aromatic rings. The van der Waals surface area contributed by atoms with Crippen LogP contribution in [0.2, 0.25) is 0 Å². The van der Waals surface area contributed by atoms with Gasteiger partial charge < -0.3 is 14.4 Å². The minimum absolute atomic E-state index is 0. The summed E-state index contributed by atoms with van der Waals surface area (Å²) in [7, 11) is 0. The van der Waals surface area contributed by atoms with Crippen LogP contribution in [0.3, 0.4) is 0 Å². The first kappa shape index (κ1) is 30.1. The Balaban J connectivity index is 0.00000351. The molecule has 0 unspecified atom stereocenters. The Morgan fingerprint density at radius 2 is 0.936 bits per heavy atom. The van der Waals surface area contributed by atoms with E-state index in [-0.39, 0.29) is 26.9 Å². The molecule has 0 saturated carbocycles. The topological polar surface area (TPSA) is 37.2 Å². The molecule has 0 atom stereocenters. The largest absolute Gasteiger partial charge is 2.00 e. The van der Waals surface area contributed by atoms with Crippen molar-refractivity contribution in [3.8, 4) is 5.69 Å². The number of fused-ring (bicyclic) bond motifs is 3. The van der Waals surface area contributed by atoms with Crippen LogP contribution in [0.25, 0.3) is 27.5 Å². The zero-order chi connectivity index (χ0) is 30.9. The molecule has 0 bridgehead atoms. The Bertz CT molecular complexity index is 2040. The smallest absolute Gasteiger partial charge is 0.409 e. The van der Waals surface area contributed by atoms with Crippen molar-refractivity contribution in [1.82, 2.24) is 14.5 Å². The third-order valence-electron chi connectivity index (χ3n) is 7.90. The van der Waals surface area contributed by atoms with Crippen LogP contribution < -0.4 is 9.80 Å². The number of hydrogen-bond acceptors (Lipinski definition) is 4. The molecule has 5 aromatic carbocycles. The van der Waals surface area contributed by atoms with Gasteiger partial charge in [-0.3, -0.25) is 0 Å². The Hall–Kier alpha value is -5.58. The van der Waals surface area contributed by atoms with Crippen LogP contribution in [-0.2, 0) is 21.1 Å². The fourth-order valence-corrected chi connectivity index (χ4v) is 5.88. The maximum atomic E-state index is 14.0. The third-order valence-corrected chi connectivity index (χ3v) is 7.90. The number of halogens is 1. The predicted octanol–water partition coefficient (Wildman–Crippen LogP) is 10.3. The molecule has 3 heterocycles. The SMILES string of the molecule is Fc1ccc(-n2c3ccc(N(c4ccccc4)c4ccccn4)[c-]c3c3[c-]c(N(c4ccccc4)c4ccccn4)ccc32)cc1.[Pt+2]. The van der Waals surface area contributed by atoms with E-state index in [1.54, 1.807) is 24.5 Å². The van der Waals surface area contributed by atoms with Crippen LogP contribution in [0.5, 0.6) is 0 Å². The van der Waals surface area contributed by atoms with Crippen LogP contribution in [0, 0.1) is 17.9 Å². The summed E-state index contributed by atoms with van der Waals surface area (Å²) in [5, 5.41) is 1.76. The van der Waals surface area contributed by atoms with E-state index in [0.29, 0.717) is 0 Å². The van der Waals surface area contributed by atoms with E-state index in [1.165, 1.54) is 12.1 Å². The maximum absolute atomic E-state index is 14.0. The first-order chi connectivity index (χ1) is 22.7. The number of nitrogens with zero attached hydrogens (tertiary/aromatic N) is 5. The van der Waals surface area contributed by atoms with E-state index >= 15 is 0 Å². The van der Waals surface area contributed by atoms with Gasteiger partial charge in [-0.1, -0.05) is 59.6 Å². The van der Waals surface area contributed by atoms with Gasteiger partial charge in [-0.15, -0.1) is 24.3 Å². The van der Waals surface area contributed by atoms with Crippen molar-refractivity contribution in [2.75, 3.05) is 9.80 Å². The van der Waals surface area contributed by atoms with Crippen molar-refractivity contribution in [3.63, 3.8) is 0 Å². The molecular formula is C40H26FN5Pt. The number of hydrogen-bond donors (Lipinski definition) is 0. The molecule has 47 heavy (non-hydrogen) atoms. The molecule has 7 heteroatoms. The number of para-hydroxylation sites is 2. The van der Waals surface area contributed by atoms with Crippen molar-refractivity contribution < 1.29 is 25.5 Å². The van der Waals surface area contributed by atoms with E-state index in [9.17, 15) is 4.39 Å². The molecule has 0 fully saturated rings. The summed E-state index contributed by atoms with van der Waals surface area (Å²) < 4.78 is 16.2. The molecule has 3 aromatic heterocycles. The molecule has 228 valence electrons. The zero-order valence-corrected chi connectivity index (χ0v) is 27.2. The average Bonchev–Trinajstić information content (AvgIpc) is 3.44. The minimum atomic E-state index is -0.282. The van der Waals surface area contributed by atoms with Crippen LogP contribution in [0.1, 0.15) is 0 Å². The Morgan fingerprint density at radius 3 is 1.36 bits per heavy atom. The van der Waals surface area contributed by atoms with Crippen molar-refractivity contribution in [1.29, 1.82) is 0 Å². The second kappa shape index (κ2) is 13.0. The fourth-order valence-electron chi connectivity index (χ4n) is 5.88. The molecule has 0 amide bonds. The Kier molecular flexibility index (Phi) is 8.34. The first-order valence-electron chi connectivity index (χ1n) is 15.0. The molecule has 8 rings (SSSR count). The number of aromatic nitrogens is 3. The predicted molar refractivity (Wildman–Crippen MR) is 183 cm³/mol. The first-order valence-corrected chi connectivity index (χ1v) is 15.0. The number of rotatable bonds is 7. The van der Waals surface area contributed by atoms with Crippen molar-refractivity contribution >= 4 is 56.2 Å². The molecule has 0 aliphatic carbocycles. The van der Waals surface area contributed by atoms with Gasteiger partial charge in [0.25, 0.3) is 0 Å². The number of benzene rings is 5. The van der Waals surface area contributed by atoms with E-state index in [4.69, 9.17) is 0 Å². The summed E-state index contributed by atoms with van der Waals surface area (Å²) in [6.07, 6.45) is 3.58. The molecular weight excluding hydrogens is 765 g/mol. The van der Waals surface area contributed by atoms with Crippen LogP contribution >= 0.6 is 0 Å². The molecule has 0 saturated heterocycles. The van der Waals surface area contributed by atoms with Gasteiger partial charge in [-0.05, 0) is 84.2 Å².